The van der Waals surface area contributed by atoms with E-state index in [0.29, 0.717) is 6.79 Å². The second-order valence-electron chi connectivity index (χ2n) is 5.88. The van der Waals surface area contributed by atoms with Gasteiger partial charge in [0.1, 0.15) is 0 Å². The molecule has 0 aromatic heterocycles. The predicted octanol–water partition coefficient (Wildman–Crippen LogP) is 2.62. The quantitative estimate of drug-likeness (QED) is 0.839. The molecule has 0 radical (unpaired) electrons. The van der Waals surface area contributed by atoms with Gasteiger partial charge in [0.25, 0.3) is 0 Å². The van der Waals surface area contributed by atoms with Crippen molar-refractivity contribution in [1.82, 2.24) is 5.32 Å². The Hall–Kier alpha value is -1.26. The van der Waals surface area contributed by atoms with Crippen molar-refractivity contribution in [2.75, 3.05) is 13.4 Å². The minimum atomic E-state index is 0.142. The molecule has 0 bridgehead atoms. The Morgan fingerprint density at radius 1 is 1.35 bits per heavy atom. The number of ether oxygens (including phenoxy) is 2. The summed E-state index contributed by atoms with van der Waals surface area (Å²) in [6.45, 7) is 2.60. The summed E-state index contributed by atoms with van der Waals surface area (Å²) in [5.41, 5.74) is 1.10. The SMILES string of the molecule is CC(NC(CO)CC1CCC1)c1cccc2c1OCO2. The number of nitrogens with one attached hydrogen (secondary N) is 1. The summed E-state index contributed by atoms with van der Waals surface area (Å²) in [6, 6.07) is 6.28. The number of benzene rings is 1. The summed E-state index contributed by atoms with van der Waals surface area (Å²) in [5.74, 6) is 2.44. The van der Waals surface area contributed by atoms with Gasteiger partial charge < -0.3 is 19.9 Å². The second-order valence-corrected chi connectivity index (χ2v) is 5.88. The summed E-state index contributed by atoms with van der Waals surface area (Å²) in [4.78, 5) is 0. The third-order valence-electron chi connectivity index (χ3n) is 4.44. The minimum Gasteiger partial charge on any atom is -0.454 e. The van der Waals surface area contributed by atoms with Crippen molar-refractivity contribution in [3.05, 3.63) is 23.8 Å². The van der Waals surface area contributed by atoms with Crippen molar-refractivity contribution in [3.63, 3.8) is 0 Å². The van der Waals surface area contributed by atoms with Crippen LogP contribution >= 0.6 is 0 Å². The summed E-state index contributed by atoms with van der Waals surface area (Å²) in [6.07, 6.45) is 5.03. The van der Waals surface area contributed by atoms with Crippen LogP contribution in [-0.4, -0.2) is 24.5 Å². The van der Waals surface area contributed by atoms with Crippen LogP contribution in [0.4, 0.5) is 0 Å². The number of hydrogen-bond acceptors (Lipinski definition) is 4. The molecule has 2 N–H and O–H groups in total. The highest BCUT2D eigenvalue weighted by atomic mass is 16.7. The molecule has 1 saturated carbocycles. The lowest BCUT2D eigenvalue weighted by molar-refractivity contribution is 0.170. The molecule has 2 unspecified atom stereocenters. The van der Waals surface area contributed by atoms with Crippen molar-refractivity contribution in [1.29, 1.82) is 0 Å². The molecule has 1 aliphatic carbocycles. The van der Waals surface area contributed by atoms with Crippen LogP contribution in [0.2, 0.25) is 0 Å². The van der Waals surface area contributed by atoms with Gasteiger partial charge in [-0.25, -0.2) is 0 Å². The number of hydrogen-bond donors (Lipinski definition) is 2. The topological polar surface area (TPSA) is 50.7 Å². The van der Waals surface area contributed by atoms with Gasteiger partial charge >= 0.3 is 0 Å². The predicted molar refractivity (Wildman–Crippen MR) is 76.9 cm³/mol. The molecule has 1 aliphatic heterocycles. The van der Waals surface area contributed by atoms with E-state index in [-0.39, 0.29) is 18.7 Å². The molecule has 1 aromatic carbocycles. The van der Waals surface area contributed by atoms with E-state index in [2.05, 4.69) is 18.3 Å². The molecule has 1 fully saturated rings. The lowest BCUT2D eigenvalue weighted by atomic mass is 9.81. The van der Waals surface area contributed by atoms with Crippen molar-refractivity contribution >= 4 is 0 Å². The molecule has 4 heteroatoms. The molecule has 0 saturated heterocycles. The van der Waals surface area contributed by atoms with E-state index in [0.717, 1.165) is 29.4 Å². The van der Waals surface area contributed by atoms with Crippen LogP contribution in [0.15, 0.2) is 18.2 Å². The van der Waals surface area contributed by atoms with E-state index in [4.69, 9.17) is 9.47 Å². The van der Waals surface area contributed by atoms with E-state index in [9.17, 15) is 5.11 Å². The van der Waals surface area contributed by atoms with Crippen LogP contribution in [0.1, 0.15) is 44.2 Å². The van der Waals surface area contributed by atoms with Crippen LogP contribution in [-0.2, 0) is 0 Å². The standard InChI is InChI=1S/C16H23NO3/c1-11(17-13(9-18)8-12-4-2-5-12)14-6-3-7-15-16(14)20-10-19-15/h3,6-7,11-13,17-18H,2,4-5,8-10H2,1H3. The normalized spacial score (nSPS) is 20.5. The molecule has 1 heterocycles. The molecule has 3 rings (SSSR count). The average Bonchev–Trinajstić information content (AvgIpc) is 2.89. The zero-order chi connectivity index (χ0) is 13.9. The van der Waals surface area contributed by atoms with Gasteiger partial charge in [0.2, 0.25) is 6.79 Å². The Balaban J connectivity index is 1.65. The monoisotopic (exact) mass is 277 g/mol. The van der Waals surface area contributed by atoms with Crippen molar-refractivity contribution in [2.24, 2.45) is 5.92 Å². The van der Waals surface area contributed by atoms with Crippen molar-refractivity contribution in [2.45, 2.75) is 44.7 Å². The molecule has 2 atom stereocenters. The summed E-state index contributed by atoms with van der Waals surface area (Å²) < 4.78 is 11.0. The number of aliphatic hydroxyl groups excluding tert-OH is 1. The van der Waals surface area contributed by atoms with Crippen molar-refractivity contribution in [3.8, 4) is 11.5 Å². The molecule has 0 spiro atoms. The smallest absolute Gasteiger partial charge is 0.231 e. The molecule has 20 heavy (non-hydrogen) atoms. The van der Waals surface area contributed by atoms with Gasteiger partial charge in [0.05, 0.1) is 6.61 Å². The van der Waals surface area contributed by atoms with Crippen molar-refractivity contribution < 1.29 is 14.6 Å². The largest absolute Gasteiger partial charge is 0.454 e. The maximum absolute atomic E-state index is 9.57. The van der Waals surface area contributed by atoms with Gasteiger partial charge in [-0.05, 0) is 25.3 Å². The Kier molecular flexibility index (Phi) is 4.13. The third-order valence-corrected chi connectivity index (χ3v) is 4.44. The fraction of sp³-hybridized carbons (Fsp3) is 0.625. The van der Waals surface area contributed by atoms with Crippen LogP contribution in [0.3, 0.4) is 0 Å². The van der Waals surface area contributed by atoms with Crippen LogP contribution in [0.5, 0.6) is 11.5 Å². The summed E-state index contributed by atoms with van der Waals surface area (Å²) in [5, 5.41) is 13.1. The van der Waals surface area contributed by atoms with Gasteiger partial charge in [-0.2, -0.15) is 0 Å². The van der Waals surface area contributed by atoms with E-state index < -0.39 is 0 Å². The van der Waals surface area contributed by atoms with E-state index in [1.807, 2.05) is 12.1 Å². The lowest BCUT2D eigenvalue weighted by Crippen LogP contribution is -2.37. The van der Waals surface area contributed by atoms with Gasteiger partial charge in [-0.15, -0.1) is 0 Å². The third kappa shape index (κ3) is 2.76. The van der Waals surface area contributed by atoms with Gasteiger partial charge in [-0.1, -0.05) is 31.4 Å². The van der Waals surface area contributed by atoms with E-state index in [1.165, 1.54) is 19.3 Å². The first-order valence-corrected chi connectivity index (χ1v) is 7.53. The highest BCUT2D eigenvalue weighted by molar-refractivity contribution is 5.49. The maximum Gasteiger partial charge on any atom is 0.231 e. The zero-order valence-electron chi connectivity index (χ0n) is 12.0. The molecular formula is C16H23NO3. The molecular weight excluding hydrogens is 254 g/mol. The van der Waals surface area contributed by atoms with Gasteiger partial charge in [-0.3, -0.25) is 0 Å². The second kappa shape index (κ2) is 6.02. The minimum absolute atomic E-state index is 0.142. The van der Waals surface area contributed by atoms with Crippen LogP contribution in [0, 0.1) is 5.92 Å². The highest BCUT2D eigenvalue weighted by Gasteiger charge is 2.25. The maximum atomic E-state index is 9.57. The Labute approximate surface area is 120 Å². The van der Waals surface area contributed by atoms with E-state index >= 15 is 0 Å². The number of para-hydroxylation sites is 1. The molecule has 0 amide bonds. The zero-order valence-corrected chi connectivity index (χ0v) is 12.0. The molecule has 110 valence electrons. The average molecular weight is 277 g/mol. The fourth-order valence-corrected chi connectivity index (χ4v) is 3.06. The van der Waals surface area contributed by atoms with Gasteiger partial charge in [0, 0.05) is 17.6 Å². The first kappa shape index (κ1) is 13.7. The fourth-order valence-electron chi connectivity index (χ4n) is 3.06. The Morgan fingerprint density at radius 2 is 2.20 bits per heavy atom. The van der Waals surface area contributed by atoms with Crippen LogP contribution in [0.25, 0.3) is 0 Å². The van der Waals surface area contributed by atoms with Crippen LogP contribution < -0.4 is 14.8 Å². The Bertz CT molecular complexity index is 459. The highest BCUT2D eigenvalue weighted by Crippen LogP contribution is 2.38. The number of aliphatic hydroxyl groups is 1. The number of fused-ring (bicyclic) bond motifs is 1. The Morgan fingerprint density at radius 3 is 2.90 bits per heavy atom. The molecule has 2 aliphatic rings. The first-order valence-electron chi connectivity index (χ1n) is 7.53. The first-order chi connectivity index (χ1) is 9.78. The lowest BCUT2D eigenvalue weighted by Gasteiger charge is -2.31. The molecule has 1 aromatic rings. The number of rotatable bonds is 6. The van der Waals surface area contributed by atoms with Gasteiger partial charge in [0.15, 0.2) is 11.5 Å². The van der Waals surface area contributed by atoms with E-state index in [1.54, 1.807) is 0 Å². The summed E-state index contributed by atoms with van der Waals surface area (Å²) >= 11 is 0. The summed E-state index contributed by atoms with van der Waals surface area (Å²) in [7, 11) is 0. The molecule has 4 nitrogen and oxygen atoms in total.